The van der Waals surface area contributed by atoms with Crippen LogP contribution in [-0.4, -0.2) is 30.5 Å². The highest BCUT2D eigenvalue weighted by Crippen LogP contribution is 2.29. The number of hydrogen-bond acceptors (Lipinski definition) is 3. The third-order valence-electron chi connectivity index (χ3n) is 4.71. The molecule has 3 rings (SSSR count). The maximum atomic E-state index is 13.2. The van der Waals surface area contributed by atoms with Crippen LogP contribution in [0.5, 0.6) is 0 Å². The Morgan fingerprint density at radius 3 is 2.32 bits per heavy atom. The molecule has 2 aromatic carbocycles. The summed E-state index contributed by atoms with van der Waals surface area (Å²) in [5.74, 6) is 0.00216. The van der Waals surface area contributed by atoms with Gasteiger partial charge in [0.05, 0.1) is 11.0 Å². The van der Waals surface area contributed by atoms with Crippen LogP contribution < -0.4 is 0 Å². The number of aliphatic hydroxyl groups is 1. The monoisotopic (exact) mass is 471 g/mol. The Balaban J connectivity index is 1.90. The zero-order valence-corrected chi connectivity index (χ0v) is 16.9. The first-order chi connectivity index (χ1) is 12.0. The summed E-state index contributed by atoms with van der Waals surface area (Å²) < 4.78 is 28.9. The van der Waals surface area contributed by atoms with Crippen LogP contribution in [0.2, 0.25) is 0 Å². The minimum Gasteiger partial charge on any atom is -0.393 e. The van der Waals surface area contributed by atoms with E-state index in [1.165, 1.54) is 4.31 Å². The fourth-order valence-electron chi connectivity index (χ4n) is 3.28. The van der Waals surface area contributed by atoms with Gasteiger partial charge in [0.15, 0.2) is 0 Å². The molecule has 1 aliphatic carbocycles. The van der Waals surface area contributed by atoms with Crippen molar-refractivity contribution < 1.29 is 13.5 Å². The summed E-state index contributed by atoms with van der Waals surface area (Å²) in [6, 6.07) is 16.5. The summed E-state index contributed by atoms with van der Waals surface area (Å²) in [6.07, 6.45) is 2.17. The van der Waals surface area contributed by atoms with Gasteiger partial charge >= 0.3 is 0 Å². The second-order valence-corrected chi connectivity index (χ2v) is 9.68. The van der Waals surface area contributed by atoms with Gasteiger partial charge in [-0.05, 0) is 71.2 Å². The first-order valence-corrected chi connectivity index (χ1v) is 11.0. The summed E-state index contributed by atoms with van der Waals surface area (Å²) in [6.45, 7) is 0.669. The molecule has 0 heterocycles. The maximum Gasteiger partial charge on any atom is 0.243 e. The van der Waals surface area contributed by atoms with E-state index in [1.54, 1.807) is 24.3 Å². The van der Waals surface area contributed by atoms with Gasteiger partial charge in [0.1, 0.15) is 0 Å². The molecule has 2 unspecified atom stereocenters. The summed E-state index contributed by atoms with van der Waals surface area (Å²) >= 11 is 2.16. The van der Waals surface area contributed by atoms with Gasteiger partial charge in [-0.1, -0.05) is 36.8 Å². The predicted molar refractivity (Wildman–Crippen MR) is 107 cm³/mol. The normalized spacial score (nSPS) is 20.9. The molecular formula is C19H22INO3S. The number of sulfonamides is 1. The summed E-state index contributed by atoms with van der Waals surface area (Å²) in [4.78, 5) is 0.302. The van der Waals surface area contributed by atoms with Gasteiger partial charge in [0, 0.05) is 16.7 Å². The number of aliphatic hydroxyl groups excluding tert-OH is 1. The number of halogens is 1. The van der Waals surface area contributed by atoms with Crippen LogP contribution in [-0.2, 0) is 16.6 Å². The quantitative estimate of drug-likeness (QED) is 0.655. The third kappa shape index (κ3) is 4.61. The van der Waals surface area contributed by atoms with Crippen LogP contribution in [0.15, 0.2) is 59.5 Å². The molecule has 1 aliphatic rings. The van der Waals surface area contributed by atoms with E-state index in [-0.39, 0.29) is 5.92 Å². The molecule has 25 heavy (non-hydrogen) atoms. The number of benzene rings is 2. The van der Waals surface area contributed by atoms with Gasteiger partial charge in [-0.3, -0.25) is 0 Å². The number of hydrogen-bond donors (Lipinski definition) is 1. The average molecular weight is 471 g/mol. The van der Waals surface area contributed by atoms with E-state index in [9.17, 15) is 13.5 Å². The van der Waals surface area contributed by atoms with E-state index in [2.05, 4.69) is 22.6 Å². The topological polar surface area (TPSA) is 57.6 Å². The minimum atomic E-state index is -3.61. The fourth-order valence-corrected chi connectivity index (χ4v) is 5.13. The Morgan fingerprint density at radius 1 is 1.04 bits per heavy atom. The molecule has 0 bridgehead atoms. The van der Waals surface area contributed by atoms with Crippen molar-refractivity contribution in [3.8, 4) is 0 Å². The summed E-state index contributed by atoms with van der Waals surface area (Å²) in [5.41, 5.74) is 0.948. The van der Waals surface area contributed by atoms with E-state index in [1.807, 2.05) is 30.3 Å². The van der Waals surface area contributed by atoms with Crippen molar-refractivity contribution in [2.75, 3.05) is 6.54 Å². The van der Waals surface area contributed by atoms with Crippen molar-refractivity contribution in [2.45, 2.75) is 36.8 Å². The second kappa shape index (κ2) is 8.16. The van der Waals surface area contributed by atoms with Crippen LogP contribution in [0, 0.1) is 9.49 Å². The molecule has 2 aromatic rings. The van der Waals surface area contributed by atoms with Crippen molar-refractivity contribution in [2.24, 2.45) is 5.92 Å². The lowest BCUT2D eigenvalue weighted by molar-refractivity contribution is 0.119. The molecule has 0 spiro atoms. The molecule has 0 aliphatic heterocycles. The van der Waals surface area contributed by atoms with Crippen molar-refractivity contribution in [3.63, 3.8) is 0 Å². The molecule has 134 valence electrons. The molecule has 1 fully saturated rings. The minimum absolute atomic E-state index is 0.00216. The first-order valence-electron chi connectivity index (χ1n) is 8.44. The standard InChI is InChI=1S/C19H22INO3S/c20-17-9-11-18(12-10-17)25(23,24)21(13-15-5-2-1-3-6-15)14-16-7-4-8-19(16)22/h1-3,5-6,9-12,16,19,22H,4,7-8,13-14H2. The van der Waals surface area contributed by atoms with Gasteiger partial charge in [0.2, 0.25) is 10.0 Å². The molecule has 0 radical (unpaired) electrons. The first kappa shape index (κ1) is 18.8. The highest BCUT2D eigenvalue weighted by atomic mass is 127. The largest absolute Gasteiger partial charge is 0.393 e. The molecule has 6 heteroatoms. The SMILES string of the molecule is O=S(=O)(c1ccc(I)cc1)N(Cc1ccccc1)CC1CCCC1O. The summed E-state index contributed by atoms with van der Waals surface area (Å²) in [7, 11) is -3.61. The molecule has 1 N–H and O–H groups in total. The van der Waals surface area contributed by atoms with E-state index < -0.39 is 16.1 Å². The molecule has 0 aromatic heterocycles. The van der Waals surface area contributed by atoms with Crippen LogP contribution in [0.4, 0.5) is 0 Å². The second-order valence-electron chi connectivity index (χ2n) is 6.50. The van der Waals surface area contributed by atoms with Crippen molar-refractivity contribution in [1.82, 2.24) is 4.31 Å². The highest BCUT2D eigenvalue weighted by molar-refractivity contribution is 14.1. The third-order valence-corrected chi connectivity index (χ3v) is 7.26. The Morgan fingerprint density at radius 2 is 1.72 bits per heavy atom. The smallest absolute Gasteiger partial charge is 0.243 e. The van der Waals surface area contributed by atoms with Crippen LogP contribution in [0.25, 0.3) is 0 Å². The fraction of sp³-hybridized carbons (Fsp3) is 0.368. The molecule has 1 saturated carbocycles. The maximum absolute atomic E-state index is 13.2. The van der Waals surface area contributed by atoms with Crippen LogP contribution in [0.1, 0.15) is 24.8 Å². The van der Waals surface area contributed by atoms with Gasteiger partial charge in [0.25, 0.3) is 0 Å². The van der Waals surface area contributed by atoms with Crippen molar-refractivity contribution >= 4 is 32.6 Å². The predicted octanol–water partition coefficient (Wildman–Crippen LogP) is 3.64. The lowest BCUT2D eigenvalue weighted by atomic mass is 10.1. The van der Waals surface area contributed by atoms with Crippen molar-refractivity contribution in [1.29, 1.82) is 0 Å². The van der Waals surface area contributed by atoms with Gasteiger partial charge in [-0.25, -0.2) is 8.42 Å². The summed E-state index contributed by atoms with van der Waals surface area (Å²) in [5, 5.41) is 10.2. The Hall–Kier alpha value is -0.960. The van der Waals surface area contributed by atoms with Gasteiger partial charge in [-0.2, -0.15) is 4.31 Å². The molecule has 4 nitrogen and oxygen atoms in total. The molecular weight excluding hydrogens is 449 g/mol. The highest BCUT2D eigenvalue weighted by Gasteiger charge is 2.32. The average Bonchev–Trinajstić information content (AvgIpc) is 3.00. The van der Waals surface area contributed by atoms with E-state index in [4.69, 9.17) is 0 Å². The molecule has 2 atom stereocenters. The zero-order valence-electron chi connectivity index (χ0n) is 13.9. The van der Waals surface area contributed by atoms with Crippen molar-refractivity contribution in [3.05, 3.63) is 63.7 Å². The lowest BCUT2D eigenvalue weighted by Gasteiger charge is -2.26. The van der Waals surface area contributed by atoms with Crippen LogP contribution >= 0.6 is 22.6 Å². The van der Waals surface area contributed by atoms with E-state index in [0.29, 0.717) is 18.0 Å². The van der Waals surface area contributed by atoms with Gasteiger partial charge < -0.3 is 5.11 Å². The Bertz CT molecular complexity index is 793. The zero-order chi connectivity index (χ0) is 17.9. The molecule has 0 saturated heterocycles. The Kier molecular flexibility index (Phi) is 6.14. The van der Waals surface area contributed by atoms with E-state index in [0.717, 1.165) is 28.4 Å². The molecule has 0 amide bonds. The van der Waals surface area contributed by atoms with Gasteiger partial charge in [-0.15, -0.1) is 0 Å². The Labute approximate surface area is 163 Å². The number of rotatable bonds is 6. The lowest BCUT2D eigenvalue weighted by Crippen LogP contribution is -2.37. The van der Waals surface area contributed by atoms with E-state index >= 15 is 0 Å². The number of nitrogens with zero attached hydrogens (tertiary/aromatic N) is 1. The van der Waals surface area contributed by atoms with Crippen LogP contribution in [0.3, 0.4) is 0 Å².